The van der Waals surface area contributed by atoms with E-state index in [1.165, 1.54) is 0 Å². The van der Waals surface area contributed by atoms with Crippen molar-refractivity contribution in [3.05, 3.63) is 155 Å². The van der Waals surface area contributed by atoms with E-state index < -0.39 is 0 Å². The fourth-order valence-electron chi connectivity index (χ4n) is 6.88. The third kappa shape index (κ3) is 9.71. The molecule has 0 unspecified atom stereocenters. The number of pyridine rings is 4. The number of methoxy groups -OCH3 is 2. The van der Waals surface area contributed by atoms with Crippen molar-refractivity contribution in [1.82, 2.24) is 19.9 Å². The first-order valence-electron chi connectivity index (χ1n) is 20.3. The summed E-state index contributed by atoms with van der Waals surface area (Å²) in [6.45, 7) is 13.2. The molecule has 0 aliphatic heterocycles. The Morgan fingerprint density at radius 2 is 0.823 bits per heavy atom. The van der Waals surface area contributed by atoms with Crippen molar-refractivity contribution in [2.24, 2.45) is 0 Å². The molecule has 10 nitrogen and oxygen atoms in total. The van der Waals surface area contributed by atoms with E-state index in [1.54, 1.807) is 39.0 Å². The number of hydrogen-bond acceptors (Lipinski definition) is 10. The molecule has 62 heavy (non-hydrogen) atoms. The molecule has 0 N–H and O–H groups in total. The molecule has 0 spiro atoms. The molecule has 7 rings (SSSR count). The van der Waals surface area contributed by atoms with Gasteiger partial charge in [-0.3, -0.25) is 29.5 Å². The first-order chi connectivity index (χ1) is 29.8. The largest absolute Gasteiger partial charge is 0.496 e. The molecule has 0 radical (unpaired) electrons. The van der Waals surface area contributed by atoms with Gasteiger partial charge in [-0.2, -0.15) is 0 Å². The van der Waals surface area contributed by atoms with Crippen molar-refractivity contribution in [3.63, 3.8) is 0 Å². The zero-order valence-electron chi connectivity index (χ0n) is 36.4. The van der Waals surface area contributed by atoms with Crippen LogP contribution in [0.1, 0.15) is 84.5 Å². The minimum atomic E-state index is -0.0707. The van der Waals surface area contributed by atoms with E-state index in [0.29, 0.717) is 56.9 Å². The maximum absolute atomic E-state index is 11.8. The fraction of sp³-hybridized carbons (Fsp3) is 0.231. The second-order valence-electron chi connectivity index (χ2n) is 17.0. The van der Waals surface area contributed by atoms with Gasteiger partial charge in [0.15, 0.2) is 12.6 Å². The van der Waals surface area contributed by atoms with E-state index in [2.05, 4.69) is 51.5 Å². The summed E-state index contributed by atoms with van der Waals surface area (Å²) >= 11 is 0. The number of aromatic nitrogens is 4. The molecule has 0 aliphatic carbocycles. The third-order valence-electron chi connectivity index (χ3n) is 10.6. The minimum absolute atomic E-state index is 0.0707. The Balaban J connectivity index is 1.01. The van der Waals surface area contributed by atoms with Gasteiger partial charge in [-0.25, -0.2) is 0 Å². The van der Waals surface area contributed by atoms with Gasteiger partial charge in [0.2, 0.25) is 0 Å². The molecule has 0 saturated heterocycles. The van der Waals surface area contributed by atoms with Crippen LogP contribution in [0.15, 0.2) is 122 Å². The molecular weight excluding hydrogens is 777 g/mol. The molecule has 0 atom stereocenters. The van der Waals surface area contributed by atoms with Gasteiger partial charge in [0, 0.05) is 58.2 Å². The lowest BCUT2D eigenvalue weighted by molar-refractivity contribution is 0.111. The number of nitrogens with zero attached hydrogens (tertiary/aromatic N) is 4. The van der Waals surface area contributed by atoms with Crippen LogP contribution in [0.25, 0.3) is 45.0 Å². The highest BCUT2D eigenvalue weighted by atomic mass is 16.5. The first kappa shape index (κ1) is 42.9. The Kier molecular flexibility index (Phi) is 12.6. The van der Waals surface area contributed by atoms with Gasteiger partial charge in [0.1, 0.15) is 36.2 Å². The zero-order chi connectivity index (χ0) is 44.0. The molecule has 0 bridgehead atoms. The highest BCUT2D eigenvalue weighted by Crippen LogP contribution is 2.41. The zero-order valence-corrected chi connectivity index (χ0v) is 36.4. The Bertz CT molecular complexity index is 2490. The molecule has 0 saturated carbocycles. The molecule has 4 heterocycles. The monoisotopic (exact) mass is 826 g/mol. The average Bonchev–Trinajstić information content (AvgIpc) is 3.29. The van der Waals surface area contributed by atoms with E-state index in [1.807, 2.05) is 97.1 Å². The minimum Gasteiger partial charge on any atom is -0.496 e. The smallest absolute Gasteiger partial charge is 0.153 e. The Hall–Kier alpha value is -7.20. The lowest BCUT2D eigenvalue weighted by Gasteiger charge is -2.20. The van der Waals surface area contributed by atoms with E-state index in [9.17, 15) is 9.59 Å². The number of benzene rings is 3. The number of ether oxygens (including phenoxy) is 4. The van der Waals surface area contributed by atoms with Crippen molar-refractivity contribution >= 4 is 12.6 Å². The molecule has 0 amide bonds. The molecule has 3 aromatic carbocycles. The third-order valence-corrected chi connectivity index (χ3v) is 10.6. The average molecular weight is 827 g/mol. The summed E-state index contributed by atoms with van der Waals surface area (Å²) < 4.78 is 23.8. The van der Waals surface area contributed by atoms with Gasteiger partial charge in [0.25, 0.3) is 0 Å². The number of rotatable bonds is 14. The lowest BCUT2D eigenvalue weighted by Crippen LogP contribution is -2.11. The number of aldehydes is 2. The summed E-state index contributed by atoms with van der Waals surface area (Å²) in [6, 6.07) is 30.9. The van der Waals surface area contributed by atoms with E-state index in [4.69, 9.17) is 28.9 Å². The highest BCUT2D eigenvalue weighted by molar-refractivity contribution is 5.82. The molecule has 314 valence electrons. The van der Waals surface area contributed by atoms with Gasteiger partial charge in [0.05, 0.1) is 48.1 Å². The van der Waals surface area contributed by atoms with Crippen molar-refractivity contribution in [3.8, 4) is 68.0 Å². The van der Waals surface area contributed by atoms with Gasteiger partial charge in [-0.05, 0) is 82.6 Å². The Morgan fingerprint density at radius 1 is 0.452 bits per heavy atom. The predicted molar refractivity (Wildman–Crippen MR) is 242 cm³/mol. The number of carbonyl (C=O) groups excluding carboxylic acids is 2. The van der Waals surface area contributed by atoms with Crippen LogP contribution in [0.2, 0.25) is 0 Å². The van der Waals surface area contributed by atoms with E-state index in [0.717, 1.165) is 57.1 Å². The second kappa shape index (κ2) is 18.2. The summed E-state index contributed by atoms with van der Waals surface area (Å²) in [6.07, 6.45) is 8.76. The lowest BCUT2D eigenvalue weighted by atomic mass is 9.86. The Morgan fingerprint density at radius 3 is 1.11 bits per heavy atom. The van der Waals surface area contributed by atoms with Crippen LogP contribution >= 0.6 is 0 Å². The summed E-state index contributed by atoms with van der Waals surface area (Å²) in [7, 11) is 3.27. The van der Waals surface area contributed by atoms with Crippen molar-refractivity contribution in [1.29, 1.82) is 0 Å². The van der Waals surface area contributed by atoms with Crippen LogP contribution < -0.4 is 18.9 Å². The number of hydrogen-bond donors (Lipinski definition) is 0. The first-order valence-corrected chi connectivity index (χ1v) is 20.3. The maximum Gasteiger partial charge on any atom is 0.153 e. The summed E-state index contributed by atoms with van der Waals surface area (Å²) in [4.78, 5) is 42.3. The van der Waals surface area contributed by atoms with Gasteiger partial charge < -0.3 is 18.9 Å². The SMILES string of the molecule is COc1cc(-c2ccc(-c3ccc(COc4ccc(C(C)(C)C)cc4C=O)cn3)nc2)c(OC)cc1-c1ccc(-c2ccc(COc3ccc(C(C)(C)C)cc3C=O)cn2)nc1. The van der Waals surface area contributed by atoms with Gasteiger partial charge in [-0.1, -0.05) is 77.9 Å². The van der Waals surface area contributed by atoms with Crippen LogP contribution in [0.5, 0.6) is 23.0 Å². The maximum atomic E-state index is 11.8. The van der Waals surface area contributed by atoms with Gasteiger partial charge >= 0.3 is 0 Å². The molecule has 10 heteroatoms. The topological polar surface area (TPSA) is 123 Å². The summed E-state index contributed by atoms with van der Waals surface area (Å²) in [5, 5.41) is 0. The van der Waals surface area contributed by atoms with Crippen LogP contribution in [-0.4, -0.2) is 46.7 Å². The van der Waals surface area contributed by atoms with Crippen LogP contribution in [0.3, 0.4) is 0 Å². The predicted octanol–water partition coefficient (Wildman–Crippen LogP) is 11.3. The quantitative estimate of drug-likeness (QED) is 0.0979. The van der Waals surface area contributed by atoms with Crippen LogP contribution in [0.4, 0.5) is 0 Å². The molecular formula is C52H50N4O6. The second-order valence-corrected chi connectivity index (χ2v) is 17.0. The normalized spacial score (nSPS) is 11.5. The van der Waals surface area contributed by atoms with Crippen LogP contribution in [0, 0.1) is 0 Å². The van der Waals surface area contributed by atoms with Crippen LogP contribution in [-0.2, 0) is 24.0 Å². The van der Waals surface area contributed by atoms with Crippen molar-refractivity contribution in [2.45, 2.75) is 65.6 Å². The molecule has 7 aromatic rings. The van der Waals surface area contributed by atoms with Gasteiger partial charge in [-0.15, -0.1) is 0 Å². The van der Waals surface area contributed by atoms with E-state index in [-0.39, 0.29) is 24.0 Å². The Labute approximate surface area is 363 Å². The highest BCUT2D eigenvalue weighted by Gasteiger charge is 2.19. The molecule has 0 aliphatic rings. The summed E-state index contributed by atoms with van der Waals surface area (Å²) in [5.74, 6) is 2.38. The fourth-order valence-corrected chi connectivity index (χ4v) is 6.88. The van der Waals surface area contributed by atoms with E-state index >= 15 is 0 Å². The van der Waals surface area contributed by atoms with Crippen molar-refractivity contribution in [2.75, 3.05) is 14.2 Å². The molecule has 4 aromatic heterocycles. The number of carbonyl (C=O) groups is 2. The standard InChI is InChI=1S/C52H50N4O6/c1-51(2,3)39-13-19-47(37(21-39)29-57)61-31-33-9-15-43(53-25-33)45-17-11-35(27-55-45)41-23-50(60-8)42(24-49(41)59-7)36-12-18-46(56-28-36)44-16-10-34(26-54-44)32-62-48-20-14-40(52(4,5)6)22-38(48)30-58/h9-30H,31-32H2,1-8H3. The summed E-state index contributed by atoms with van der Waals surface area (Å²) in [5.41, 5.74) is 11.0. The molecule has 0 fully saturated rings. The van der Waals surface area contributed by atoms with Crippen molar-refractivity contribution < 1.29 is 28.5 Å².